The third-order valence-corrected chi connectivity index (χ3v) is 3.92. The molecule has 1 aliphatic heterocycles. The van der Waals surface area contributed by atoms with Crippen molar-refractivity contribution in [2.24, 2.45) is 5.92 Å². The largest absolute Gasteiger partial charge is 0.280 e. The first-order valence-corrected chi connectivity index (χ1v) is 6.57. The second kappa shape index (κ2) is 4.92. The molecule has 1 saturated heterocycles. The molecular weight excluding hydrogens is 214 g/mol. The van der Waals surface area contributed by atoms with Crippen LogP contribution in [-0.4, -0.2) is 31.9 Å². The van der Waals surface area contributed by atoms with Gasteiger partial charge in [0.1, 0.15) is 6.04 Å². The molecule has 86 valence electrons. The van der Waals surface area contributed by atoms with Crippen LogP contribution in [-0.2, 0) is 10.2 Å². The Hall–Kier alpha value is -0.640. The van der Waals surface area contributed by atoms with Crippen molar-refractivity contribution in [1.29, 1.82) is 5.26 Å². The van der Waals surface area contributed by atoms with Crippen LogP contribution in [0.5, 0.6) is 0 Å². The average molecular weight is 231 g/mol. The molecule has 0 saturated carbocycles. The van der Waals surface area contributed by atoms with Crippen molar-refractivity contribution in [1.82, 2.24) is 9.03 Å². The SMILES string of the molecule is CC(C)CNS(=O)(=O)N1CCCC1C#N. The van der Waals surface area contributed by atoms with Crippen LogP contribution in [0.4, 0.5) is 0 Å². The zero-order chi connectivity index (χ0) is 11.5. The Kier molecular flexibility index (Phi) is 4.08. The molecular formula is C9H17N3O2S. The minimum atomic E-state index is -3.46. The summed E-state index contributed by atoms with van der Waals surface area (Å²) in [4.78, 5) is 0. The predicted molar refractivity (Wildman–Crippen MR) is 57.1 cm³/mol. The highest BCUT2D eigenvalue weighted by atomic mass is 32.2. The van der Waals surface area contributed by atoms with Crippen molar-refractivity contribution in [3.05, 3.63) is 0 Å². The molecule has 0 spiro atoms. The number of nitrogens with one attached hydrogen (secondary N) is 1. The van der Waals surface area contributed by atoms with Gasteiger partial charge >= 0.3 is 0 Å². The van der Waals surface area contributed by atoms with E-state index in [2.05, 4.69) is 4.72 Å². The van der Waals surface area contributed by atoms with Gasteiger partial charge in [0.05, 0.1) is 6.07 Å². The third-order valence-electron chi connectivity index (χ3n) is 2.34. The zero-order valence-electron chi connectivity index (χ0n) is 9.10. The van der Waals surface area contributed by atoms with E-state index < -0.39 is 16.3 Å². The minimum absolute atomic E-state index is 0.267. The van der Waals surface area contributed by atoms with Gasteiger partial charge in [-0.25, -0.2) is 4.72 Å². The zero-order valence-corrected chi connectivity index (χ0v) is 9.92. The maximum atomic E-state index is 11.8. The van der Waals surface area contributed by atoms with E-state index in [-0.39, 0.29) is 5.92 Å². The highest BCUT2D eigenvalue weighted by molar-refractivity contribution is 7.87. The fraction of sp³-hybridized carbons (Fsp3) is 0.889. The Morgan fingerprint density at radius 2 is 2.27 bits per heavy atom. The van der Waals surface area contributed by atoms with E-state index >= 15 is 0 Å². The van der Waals surface area contributed by atoms with Crippen molar-refractivity contribution in [3.8, 4) is 6.07 Å². The first-order chi connectivity index (χ1) is 6.97. The average Bonchev–Trinajstić information content (AvgIpc) is 2.63. The molecule has 5 nitrogen and oxygen atoms in total. The highest BCUT2D eigenvalue weighted by Gasteiger charge is 2.33. The van der Waals surface area contributed by atoms with Gasteiger partial charge in [-0.2, -0.15) is 18.0 Å². The van der Waals surface area contributed by atoms with Crippen LogP contribution in [0.3, 0.4) is 0 Å². The number of nitrogens with zero attached hydrogens (tertiary/aromatic N) is 2. The van der Waals surface area contributed by atoms with Gasteiger partial charge in [-0.15, -0.1) is 0 Å². The van der Waals surface area contributed by atoms with Crippen molar-refractivity contribution >= 4 is 10.2 Å². The van der Waals surface area contributed by atoms with Crippen LogP contribution in [0.1, 0.15) is 26.7 Å². The smallest absolute Gasteiger partial charge is 0.202 e. The monoisotopic (exact) mass is 231 g/mol. The molecule has 6 heteroatoms. The summed E-state index contributed by atoms with van der Waals surface area (Å²) in [5.41, 5.74) is 0. The number of hydrogen-bond donors (Lipinski definition) is 1. The first-order valence-electron chi connectivity index (χ1n) is 5.13. The maximum absolute atomic E-state index is 11.8. The quantitative estimate of drug-likeness (QED) is 0.764. The Balaban J connectivity index is 2.65. The van der Waals surface area contributed by atoms with Crippen LogP contribution in [0, 0.1) is 17.2 Å². The predicted octanol–water partition coefficient (Wildman–Crippen LogP) is 0.465. The number of hydrogen-bond acceptors (Lipinski definition) is 3. The Morgan fingerprint density at radius 1 is 1.60 bits per heavy atom. The van der Waals surface area contributed by atoms with Gasteiger partial charge in [0.2, 0.25) is 0 Å². The summed E-state index contributed by atoms with van der Waals surface area (Å²) in [6, 6.07) is 1.52. The molecule has 1 aliphatic rings. The molecule has 0 radical (unpaired) electrons. The van der Waals surface area contributed by atoms with Gasteiger partial charge < -0.3 is 0 Å². The van der Waals surface area contributed by atoms with E-state index in [1.807, 2.05) is 19.9 Å². The van der Waals surface area contributed by atoms with E-state index in [0.717, 1.165) is 6.42 Å². The lowest BCUT2D eigenvalue weighted by Gasteiger charge is -2.20. The van der Waals surface area contributed by atoms with E-state index in [1.165, 1.54) is 4.31 Å². The standard InChI is InChI=1S/C9H17N3O2S/c1-8(2)7-11-15(13,14)12-5-3-4-9(12)6-10/h8-9,11H,3-5,7H2,1-2H3. The van der Waals surface area contributed by atoms with Gasteiger partial charge in [-0.1, -0.05) is 13.8 Å². The topological polar surface area (TPSA) is 73.2 Å². The summed E-state index contributed by atoms with van der Waals surface area (Å²) < 4.78 is 27.3. The molecule has 1 N–H and O–H groups in total. The van der Waals surface area contributed by atoms with Crippen LogP contribution in [0.25, 0.3) is 0 Å². The maximum Gasteiger partial charge on any atom is 0.280 e. The second-order valence-corrected chi connectivity index (χ2v) is 5.85. The van der Waals surface area contributed by atoms with Crippen molar-refractivity contribution in [2.45, 2.75) is 32.7 Å². The summed E-state index contributed by atoms with van der Waals surface area (Å²) >= 11 is 0. The molecule has 1 fully saturated rings. The summed E-state index contributed by atoms with van der Waals surface area (Å²) in [5, 5.41) is 8.79. The van der Waals surface area contributed by atoms with Crippen LogP contribution in [0.2, 0.25) is 0 Å². The molecule has 0 bridgehead atoms. The van der Waals surface area contributed by atoms with Crippen molar-refractivity contribution in [2.75, 3.05) is 13.1 Å². The molecule has 0 aromatic rings. The summed E-state index contributed by atoms with van der Waals surface area (Å²) in [6.45, 7) is 4.74. The second-order valence-electron chi connectivity index (χ2n) is 4.15. The van der Waals surface area contributed by atoms with E-state index in [1.54, 1.807) is 0 Å². The molecule has 0 amide bonds. The Bertz CT molecular complexity index is 345. The minimum Gasteiger partial charge on any atom is -0.202 e. The van der Waals surface area contributed by atoms with E-state index in [9.17, 15) is 8.42 Å². The van der Waals surface area contributed by atoms with Gasteiger partial charge in [-0.05, 0) is 18.8 Å². The molecule has 0 aromatic carbocycles. The number of nitriles is 1. The van der Waals surface area contributed by atoms with E-state index in [0.29, 0.717) is 19.5 Å². The van der Waals surface area contributed by atoms with Gasteiger partial charge in [0.25, 0.3) is 10.2 Å². The van der Waals surface area contributed by atoms with Crippen LogP contribution < -0.4 is 4.72 Å². The highest BCUT2D eigenvalue weighted by Crippen LogP contribution is 2.19. The van der Waals surface area contributed by atoms with Gasteiger partial charge in [-0.3, -0.25) is 0 Å². The third kappa shape index (κ3) is 3.16. The van der Waals surface area contributed by atoms with Crippen molar-refractivity contribution < 1.29 is 8.42 Å². The summed E-state index contributed by atoms with van der Waals surface area (Å²) in [6.07, 6.45) is 1.40. The lowest BCUT2D eigenvalue weighted by Crippen LogP contribution is -2.44. The van der Waals surface area contributed by atoms with Crippen molar-refractivity contribution in [3.63, 3.8) is 0 Å². The molecule has 1 heterocycles. The first kappa shape index (κ1) is 12.4. The molecule has 1 rings (SSSR count). The Labute approximate surface area is 91.3 Å². The Morgan fingerprint density at radius 3 is 2.80 bits per heavy atom. The van der Waals surface area contributed by atoms with Crippen LogP contribution >= 0.6 is 0 Å². The number of rotatable bonds is 4. The molecule has 15 heavy (non-hydrogen) atoms. The molecule has 1 atom stereocenters. The summed E-state index contributed by atoms with van der Waals surface area (Å²) in [5.74, 6) is 0.267. The fourth-order valence-electron chi connectivity index (χ4n) is 1.51. The van der Waals surface area contributed by atoms with E-state index in [4.69, 9.17) is 5.26 Å². The van der Waals surface area contributed by atoms with Gasteiger partial charge in [0, 0.05) is 13.1 Å². The molecule has 0 aliphatic carbocycles. The summed E-state index contributed by atoms with van der Waals surface area (Å²) in [7, 11) is -3.46. The van der Waals surface area contributed by atoms with Crippen LogP contribution in [0.15, 0.2) is 0 Å². The molecule has 0 aromatic heterocycles. The normalized spacial score (nSPS) is 23.2. The molecule has 1 unspecified atom stereocenters. The lowest BCUT2D eigenvalue weighted by atomic mass is 10.2. The van der Waals surface area contributed by atoms with Gasteiger partial charge in [0.15, 0.2) is 0 Å². The fourth-order valence-corrected chi connectivity index (χ4v) is 3.08. The lowest BCUT2D eigenvalue weighted by molar-refractivity contribution is 0.423.